The number of nitrogens with one attached hydrogen (secondary N) is 1. The van der Waals surface area contributed by atoms with Crippen LogP contribution in [0.3, 0.4) is 0 Å². The van der Waals surface area contributed by atoms with Crippen molar-refractivity contribution >= 4 is 5.91 Å². The lowest BCUT2D eigenvalue weighted by atomic mass is 10.1. The van der Waals surface area contributed by atoms with E-state index in [9.17, 15) is 4.79 Å². The molecule has 2 atom stereocenters. The highest BCUT2D eigenvalue weighted by atomic mass is 16.5. The normalized spacial score (nSPS) is 21.8. The third kappa shape index (κ3) is 4.28. The van der Waals surface area contributed by atoms with Crippen LogP contribution in [0.5, 0.6) is 0 Å². The van der Waals surface area contributed by atoms with Gasteiger partial charge in [-0.15, -0.1) is 0 Å². The van der Waals surface area contributed by atoms with Gasteiger partial charge in [0.05, 0.1) is 31.6 Å². The van der Waals surface area contributed by atoms with Gasteiger partial charge >= 0.3 is 0 Å². The molecule has 0 unspecified atom stereocenters. The summed E-state index contributed by atoms with van der Waals surface area (Å²) in [7, 11) is 1.78. The van der Waals surface area contributed by atoms with Gasteiger partial charge in [0.15, 0.2) is 0 Å². The van der Waals surface area contributed by atoms with Gasteiger partial charge in [0, 0.05) is 13.7 Å². The smallest absolute Gasteiger partial charge is 0.269 e. The maximum absolute atomic E-state index is 12.5. The van der Waals surface area contributed by atoms with Gasteiger partial charge in [0.1, 0.15) is 11.8 Å². The molecule has 7 heteroatoms. The molecule has 1 fully saturated rings. The van der Waals surface area contributed by atoms with E-state index in [4.69, 9.17) is 14.6 Å². The number of aromatic nitrogens is 2. The van der Waals surface area contributed by atoms with Gasteiger partial charge in [-0.05, 0) is 18.9 Å². The number of aliphatic hydroxyl groups is 1. The molecule has 1 amide bonds. The Kier molecular flexibility index (Phi) is 6.35. The summed E-state index contributed by atoms with van der Waals surface area (Å²) in [6.07, 6.45) is 2.32. The molecule has 2 rings (SSSR count). The predicted octanol–water partition coefficient (Wildman–Crippen LogP) is 0.269. The molecule has 0 spiro atoms. The lowest BCUT2D eigenvalue weighted by molar-refractivity contribution is -0.0737. The van der Waals surface area contributed by atoms with Crippen molar-refractivity contribution in [3.8, 4) is 0 Å². The van der Waals surface area contributed by atoms with Crippen LogP contribution in [0.1, 0.15) is 35.9 Å². The second-order valence-corrected chi connectivity index (χ2v) is 5.47. The van der Waals surface area contributed by atoms with E-state index >= 15 is 0 Å². The first-order valence-electron chi connectivity index (χ1n) is 7.79. The average Bonchev–Trinajstić information content (AvgIpc) is 2.87. The Balaban J connectivity index is 1.99. The highest BCUT2D eigenvalue weighted by Gasteiger charge is 2.29. The maximum atomic E-state index is 12.5. The zero-order valence-electron chi connectivity index (χ0n) is 13.2. The number of hydrogen-bond donors (Lipinski definition) is 2. The first-order valence-corrected chi connectivity index (χ1v) is 7.79. The second-order valence-electron chi connectivity index (χ2n) is 5.47. The topological polar surface area (TPSA) is 85.6 Å². The van der Waals surface area contributed by atoms with E-state index < -0.39 is 0 Å². The van der Waals surface area contributed by atoms with Crippen LogP contribution in [0.4, 0.5) is 0 Å². The van der Waals surface area contributed by atoms with Crippen molar-refractivity contribution in [1.82, 2.24) is 15.1 Å². The summed E-state index contributed by atoms with van der Waals surface area (Å²) in [5.74, 6) is -0.151. The summed E-state index contributed by atoms with van der Waals surface area (Å²) in [6.45, 7) is 3.30. The van der Waals surface area contributed by atoms with Gasteiger partial charge in [0.25, 0.3) is 5.91 Å². The molecule has 1 aromatic heterocycles. The van der Waals surface area contributed by atoms with Gasteiger partial charge in [-0.3, -0.25) is 9.48 Å². The molecular formula is C15H25N3O4. The zero-order chi connectivity index (χ0) is 15.9. The Morgan fingerprint density at radius 3 is 3.18 bits per heavy atom. The molecule has 0 aromatic carbocycles. The van der Waals surface area contributed by atoms with E-state index in [1.165, 1.54) is 0 Å². The molecule has 22 heavy (non-hydrogen) atoms. The fourth-order valence-electron chi connectivity index (χ4n) is 2.61. The third-order valence-electron chi connectivity index (χ3n) is 3.71. The molecule has 124 valence electrons. The predicted molar refractivity (Wildman–Crippen MR) is 80.7 cm³/mol. The quantitative estimate of drug-likeness (QED) is 0.755. The SMILES string of the molecule is CCCc1cc(C(=O)N[C@@H]2CCOC[C@H]2OCCO)n(C)n1. The lowest BCUT2D eigenvalue weighted by Gasteiger charge is -2.31. The van der Waals surface area contributed by atoms with E-state index in [1.807, 2.05) is 6.07 Å². The minimum atomic E-state index is -0.229. The summed E-state index contributed by atoms with van der Waals surface area (Å²) < 4.78 is 12.5. The molecule has 0 aliphatic carbocycles. The largest absolute Gasteiger partial charge is 0.394 e. The van der Waals surface area contributed by atoms with E-state index in [-0.39, 0.29) is 31.3 Å². The minimum absolute atomic E-state index is 0.0424. The molecule has 1 saturated heterocycles. The minimum Gasteiger partial charge on any atom is -0.394 e. The molecule has 0 saturated carbocycles. The number of aryl methyl sites for hydroxylation is 2. The van der Waals surface area contributed by atoms with Gasteiger partial charge in [-0.25, -0.2) is 0 Å². The van der Waals surface area contributed by atoms with Crippen molar-refractivity contribution in [3.05, 3.63) is 17.5 Å². The standard InChI is InChI=1S/C15H25N3O4/c1-3-4-11-9-13(18(2)17-11)15(20)16-12-5-7-21-10-14(12)22-8-6-19/h9,12,14,19H,3-8,10H2,1-2H3,(H,16,20)/t12-,14-/m1/s1. The first-order chi connectivity index (χ1) is 10.7. The van der Waals surface area contributed by atoms with Crippen LogP contribution in [0.2, 0.25) is 0 Å². The lowest BCUT2D eigenvalue weighted by Crippen LogP contribution is -2.50. The van der Waals surface area contributed by atoms with Crippen molar-refractivity contribution < 1.29 is 19.4 Å². The van der Waals surface area contributed by atoms with Crippen LogP contribution in [-0.4, -0.2) is 59.4 Å². The number of ether oxygens (including phenoxy) is 2. The van der Waals surface area contributed by atoms with Crippen LogP contribution in [0.25, 0.3) is 0 Å². The Hall–Kier alpha value is -1.44. The van der Waals surface area contributed by atoms with Crippen LogP contribution < -0.4 is 5.32 Å². The monoisotopic (exact) mass is 311 g/mol. The van der Waals surface area contributed by atoms with E-state index in [2.05, 4.69) is 17.3 Å². The van der Waals surface area contributed by atoms with Crippen molar-refractivity contribution in [2.75, 3.05) is 26.4 Å². The van der Waals surface area contributed by atoms with Crippen LogP contribution in [-0.2, 0) is 22.9 Å². The molecule has 0 radical (unpaired) electrons. The molecule has 1 aromatic rings. The number of rotatable bonds is 7. The third-order valence-corrected chi connectivity index (χ3v) is 3.71. The average molecular weight is 311 g/mol. The number of carbonyl (C=O) groups is 1. The highest BCUT2D eigenvalue weighted by molar-refractivity contribution is 5.92. The van der Waals surface area contributed by atoms with Crippen LogP contribution in [0.15, 0.2) is 6.07 Å². The molecule has 1 aliphatic rings. The number of aliphatic hydroxyl groups excluding tert-OH is 1. The summed E-state index contributed by atoms with van der Waals surface area (Å²) in [6, 6.07) is 1.72. The van der Waals surface area contributed by atoms with Crippen LogP contribution in [0, 0.1) is 0 Å². The molecule has 1 aliphatic heterocycles. The fourth-order valence-corrected chi connectivity index (χ4v) is 2.61. The Bertz CT molecular complexity index is 489. The number of carbonyl (C=O) groups excluding carboxylic acids is 1. The van der Waals surface area contributed by atoms with Gasteiger partial charge in [0.2, 0.25) is 0 Å². The van der Waals surface area contributed by atoms with Crippen molar-refractivity contribution in [3.63, 3.8) is 0 Å². The van der Waals surface area contributed by atoms with Gasteiger partial charge in [-0.2, -0.15) is 5.10 Å². The molecular weight excluding hydrogens is 286 g/mol. The van der Waals surface area contributed by atoms with Crippen LogP contribution >= 0.6 is 0 Å². The Morgan fingerprint density at radius 1 is 1.64 bits per heavy atom. The van der Waals surface area contributed by atoms with E-state index in [1.54, 1.807) is 11.7 Å². The van der Waals surface area contributed by atoms with Crippen molar-refractivity contribution in [2.45, 2.75) is 38.3 Å². The number of amides is 1. The van der Waals surface area contributed by atoms with E-state index in [0.717, 1.165) is 18.5 Å². The molecule has 0 bridgehead atoms. The molecule has 2 N–H and O–H groups in total. The van der Waals surface area contributed by atoms with Crippen molar-refractivity contribution in [1.29, 1.82) is 0 Å². The summed E-state index contributed by atoms with van der Waals surface area (Å²) in [5.41, 5.74) is 1.48. The summed E-state index contributed by atoms with van der Waals surface area (Å²) in [5, 5.41) is 16.2. The van der Waals surface area contributed by atoms with Gasteiger partial charge < -0.3 is 19.9 Å². The van der Waals surface area contributed by atoms with E-state index in [0.29, 0.717) is 25.3 Å². The summed E-state index contributed by atoms with van der Waals surface area (Å²) in [4.78, 5) is 12.5. The van der Waals surface area contributed by atoms with Gasteiger partial charge in [-0.1, -0.05) is 13.3 Å². The van der Waals surface area contributed by atoms with Crippen molar-refractivity contribution in [2.24, 2.45) is 7.05 Å². The summed E-state index contributed by atoms with van der Waals surface area (Å²) >= 11 is 0. The molecule has 7 nitrogen and oxygen atoms in total. The molecule has 2 heterocycles. The Morgan fingerprint density at radius 2 is 2.45 bits per heavy atom. The highest BCUT2D eigenvalue weighted by Crippen LogP contribution is 2.13. The maximum Gasteiger partial charge on any atom is 0.269 e. The Labute approximate surface area is 130 Å². The fraction of sp³-hybridized carbons (Fsp3) is 0.733. The first kappa shape index (κ1) is 16.9. The second kappa shape index (κ2) is 8.26. The number of hydrogen-bond acceptors (Lipinski definition) is 5. The number of nitrogens with zero attached hydrogens (tertiary/aromatic N) is 2. The zero-order valence-corrected chi connectivity index (χ0v) is 13.2.